The van der Waals surface area contributed by atoms with Crippen LogP contribution in [0.5, 0.6) is 0 Å². The Kier molecular flexibility index (Phi) is 3.31. The standard InChI is InChI=1S/C10H19NO2/c1-8(2)4-7-13-9(12)10(11)5-3-6-10/h8H,3-7,11H2,1-2H3. The van der Waals surface area contributed by atoms with E-state index in [1.165, 1.54) is 0 Å². The zero-order valence-electron chi connectivity index (χ0n) is 8.51. The number of hydrogen-bond donors (Lipinski definition) is 1. The molecule has 3 nitrogen and oxygen atoms in total. The second-order valence-electron chi connectivity index (χ2n) is 4.33. The van der Waals surface area contributed by atoms with Crippen LogP contribution in [0.3, 0.4) is 0 Å². The maximum Gasteiger partial charge on any atom is 0.326 e. The molecule has 1 aliphatic carbocycles. The highest BCUT2D eigenvalue weighted by Gasteiger charge is 2.41. The van der Waals surface area contributed by atoms with Gasteiger partial charge < -0.3 is 10.5 Å². The summed E-state index contributed by atoms with van der Waals surface area (Å²) in [5.41, 5.74) is 5.15. The fraction of sp³-hybridized carbons (Fsp3) is 0.900. The number of ether oxygens (including phenoxy) is 1. The molecule has 0 heterocycles. The van der Waals surface area contributed by atoms with Gasteiger partial charge in [0.05, 0.1) is 6.61 Å². The third-order valence-corrected chi connectivity index (χ3v) is 2.58. The van der Waals surface area contributed by atoms with Gasteiger partial charge in [0.15, 0.2) is 0 Å². The number of carbonyl (C=O) groups is 1. The monoisotopic (exact) mass is 185 g/mol. The normalized spacial score (nSPS) is 19.7. The van der Waals surface area contributed by atoms with Crippen LogP contribution in [0.1, 0.15) is 39.5 Å². The third-order valence-electron chi connectivity index (χ3n) is 2.58. The Labute approximate surface area is 79.6 Å². The molecule has 1 saturated carbocycles. The van der Waals surface area contributed by atoms with E-state index in [0.29, 0.717) is 12.5 Å². The van der Waals surface area contributed by atoms with E-state index in [-0.39, 0.29) is 5.97 Å². The lowest BCUT2D eigenvalue weighted by Crippen LogP contribution is -2.54. The fourth-order valence-electron chi connectivity index (χ4n) is 1.29. The summed E-state index contributed by atoms with van der Waals surface area (Å²) >= 11 is 0. The minimum Gasteiger partial charge on any atom is -0.464 e. The van der Waals surface area contributed by atoms with E-state index >= 15 is 0 Å². The molecule has 1 rings (SSSR count). The zero-order valence-corrected chi connectivity index (χ0v) is 8.51. The van der Waals surface area contributed by atoms with Gasteiger partial charge in [-0.15, -0.1) is 0 Å². The summed E-state index contributed by atoms with van der Waals surface area (Å²) in [7, 11) is 0. The van der Waals surface area contributed by atoms with Crippen LogP contribution in [0, 0.1) is 5.92 Å². The molecule has 0 bridgehead atoms. The van der Waals surface area contributed by atoms with Gasteiger partial charge in [0.2, 0.25) is 0 Å². The molecule has 0 saturated heterocycles. The quantitative estimate of drug-likeness (QED) is 0.674. The van der Waals surface area contributed by atoms with Gasteiger partial charge >= 0.3 is 5.97 Å². The highest BCUT2D eigenvalue weighted by molar-refractivity contribution is 5.81. The molecule has 13 heavy (non-hydrogen) atoms. The zero-order chi connectivity index (χ0) is 9.90. The number of carbonyl (C=O) groups excluding carboxylic acids is 1. The molecule has 0 aliphatic heterocycles. The average molecular weight is 185 g/mol. The van der Waals surface area contributed by atoms with Gasteiger partial charge in [-0.3, -0.25) is 4.79 Å². The summed E-state index contributed by atoms with van der Waals surface area (Å²) in [6.07, 6.45) is 3.54. The molecule has 0 amide bonds. The van der Waals surface area contributed by atoms with Crippen LogP contribution in [0.2, 0.25) is 0 Å². The Morgan fingerprint density at radius 2 is 2.15 bits per heavy atom. The average Bonchev–Trinajstić information content (AvgIpc) is 1.99. The van der Waals surface area contributed by atoms with Crippen LogP contribution in [0.15, 0.2) is 0 Å². The number of hydrogen-bond acceptors (Lipinski definition) is 3. The lowest BCUT2D eigenvalue weighted by molar-refractivity contribution is -0.153. The Hall–Kier alpha value is -0.570. The third kappa shape index (κ3) is 2.69. The molecule has 0 aromatic heterocycles. The number of rotatable bonds is 4. The Bertz CT molecular complexity index is 185. The molecule has 0 aromatic carbocycles. The van der Waals surface area contributed by atoms with Crippen molar-refractivity contribution >= 4 is 5.97 Å². The van der Waals surface area contributed by atoms with Gasteiger partial charge in [0, 0.05) is 0 Å². The molecule has 3 heteroatoms. The summed E-state index contributed by atoms with van der Waals surface area (Å²) in [4.78, 5) is 11.4. The van der Waals surface area contributed by atoms with Crippen molar-refractivity contribution in [3.05, 3.63) is 0 Å². The Balaban J connectivity index is 2.18. The van der Waals surface area contributed by atoms with E-state index in [1.54, 1.807) is 0 Å². The minimum atomic E-state index is -0.642. The van der Waals surface area contributed by atoms with Crippen molar-refractivity contribution in [3.8, 4) is 0 Å². The topological polar surface area (TPSA) is 52.3 Å². The van der Waals surface area contributed by atoms with E-state index in [2.05, 4.69) is 13.8 Å². The van der Waals surface area contributed by atoms with Crippen LogP contribution in [-0.4, -0.2) is 18.1 Å². The molecule has 0 unspecified atom stereocenters. The van der Waals surface area contributed by atoms with Gasteiger partial charge in [-0.25, -0.2) is 0 Å². The van der Waals surface area contributed by atoms with Crippen molar-refractivity contribution < 1.29 is 9.53 Å². The summed E-state index contributed by atoms with van der Waals surface area (Å²) < 4.78 is 5.10. The van der Waals surface area contributed by atoms with Crippen LogP contribution >= 0.6 is 0 Å². The second-order valence-corrected chi connectivity index (χ2v) is 4.33. The largest absolute Gasteiger partial charge is 0.464 e. The van der Waals surface area contributed by atoms with Crippen LogP contribution in [0.4, 0.5) is 0 Å². The van der Waals surface area contributed by atoms with E-state index < -0.39 is 5.54 Å². The SMILES string of the molecule is CC(C)CCOC(=O)C1(N)CCC1. The molecule has 2 N–H and O–H groups in total. The fourth-order valence-corrected chi connectivity index (χ4v) is 1.29. The van der Waals surface area contributed by atoms with Crippen molar-refractivity contribution in [3.63, 3.8) is 0 Å². The first-order valence-corrected chi connectivity index (χ1v) is 5.01. The summed E-state index contributed by atoms with van der Waals surface area (Å²) in [5.74, 6) is 0.363. The van der Waals surface area contributed by atoms with Crippen molar-refractivity contribution in [2.24, 2.45) is 11.7 Å². The molecule has 0 radical (unpaired) electrons. The smallest absolute Gasteiger partial charge is 0.326 e. The molecule has 76 valence electrons. The predicted octanol–water partition coefficient (Wildman–Crippen LogP) is 1.46. The molecule has 1 fully saturated rings. The first-order valence-electron chi connectivity index (χ1n) is 5.01. The Morgan fingerprint density at radius 1 is 1.54 bits per heavy atom. The first kappa shape index (κ1) is 10.5. The highest BCUT2D eigenvalue weighted by Crippen LogP contribution is 2.30. The van der Waals surface area contributed by atoms with Crippen molar-refractivity contribution in [1.82, 2.24) is 0 Å². The maximum atomic E-state index is 11.4. The molecule has 1 aliphatic rings. The summed E-state index contributed by atoms with van der Waals surface area (Å²) in [6.45, 7) is 4.72. The van der Waals surface area contributed by atoms with Gasteiger partial charge in [-0.2, -0.15) is 0 Å². The van der Waals surface area contributed by atoms with Crippen LogP contribution in [-0.2, 0) is 9.53 Å². The summed E-state index contributed by atoms with van der Waals surface area (Å²) in [5, 5.41) is 0. The maximum absolute atomic E-state index is 11.4. The first-order chi connectivity index (χ1) is 6.04. The lowest BCUT2D eigenvalue weighted by Gasteiger charge is -2.35. The molecular formula is C10H19NO2. The van der Waals surface area contributed by atoms with E-state index in [4.69, 9.17) is 10.5 Å². The van der Waals surface area contributed by atoms with Gasteiger partial charge in [0.25, 0.3) is 0 Å². The lowest BCUT2D eigenvalue weighted by atomic mass is 9.78. The predicted molar refractivity (Wildman–Crippen MR) is 51.2 cm³/mol. The highest BCUT2D eigenvalue weighted by atomic mass is 16.5. The molecule has 0 atom stereocenters. The molecule has 0 aromatic rings. The van der Waals surface area contributed by atoms with E-state index in [0.717, 1.165) is 25.7 Å². The van der Waals surface area contributed by atoms with E-state index in [1.807, 2.05) is 0 Å². The van der Waals surface area contributed by atoms with Gasteiger partial charge in [-0.1, -0.05) is 13.8 Å². The molecular weight excluding hydrogens is 166 g/mol. The van der Waals surface area contributed by atoms with Crippen LogP contribution < -0.4 is 5.73 Å². The summed E-state index contributed by atoms with van der Waals surface area (Å²) in [6, 6.07) is 0. The van der Waals surface area contributed by atoms with E-state index in [9.17, 15) is 4.79 Å². The Morgan fingerprint density at radius 3 is 2.54 bits per heavy atom. The van der Waals surface area contributed by atoms with Crippen molar-refractivity contribution in [2.75, 3.05) is 6.61 Å². The van der Waals surface area contributed by atoms with Gasteiger partial charge in [-0.05, 0) is 31.6 Å². The van der Waals surface area contributed by atoms with Crippen molar-refractivity contribution in [1.29, 1.82) is 0 Å². The minimum absolute atomic E-state index is 0.209. The van der Waals surface area contributed by atoms with Gasteiger partial charge in [0.1, 0.15) is 5.54 Å². The molecule has 0 spiro atoms. The number of nitrogens with two attached hydrogens (primary N) is 1. The number of esters is 1. The van der Waals surface area contributed by atoms with Crippen molar-refractivity contribution in [2.45, 2.75) is 45.1 Å². The van der Waals surface area contributed by atoms with Crippen LogP contribution in [0.25, 0.3) is 0 Å². The second kappa shape index (κ2) is 4.09.